The van der Waals surface area contributed by atoms with Gasteiger partial charge in [-0.15, -0.1) is 0 Å². The molecule has 1 aliphatic heterocycles. The van der Waals surface area contributed by atoms with E-state index < -0.39 is 77.0 Å². The van der Waals surface area contributed by atoms with Crippen LogP contribution in [0.5, 0.6) is 0 Å². The minimum atomic E-state index is -1.24. The Kier molecular flexibility index (Phi) is 15.8. The number of carbonyl (C=O) groups is 8. The summed E-state index contributed by atoms with van der Waals surface area (Å²) >= 11 is 0. The van der Waals surface area contributed by atoms with Crippen LogP contribution in [0.1, 0.15) is 111 Å². The standard InChI is InChI=1S/C37H58N6O9/c1-22(44)39-26(18-12-13-19-28(46)52-5)33(48)42-31(37(2,3)4)36(51)43-21-25(45)20-27(43)34(49)41-30(24-16-10-7-11-17-24)35(50)40-29(32(38)47)23-14-8-6-9-15-23/h13,19,23-24,26-27,29-31H,6-12,14-18,20-21H2,1-5H3,(H2,38,47)(H,39,44)(H,40,50)(H,41,49)(H,42,48)/b19-13+/t26-,27-,29-,30-,31+/m0/s1. The molecule has 1 saturated heterocycles. The molecule has 290 valence electrons. The van der Waals surface area contributed by atoms with Crippen LogP contribution in [0.15, 0.2) is 12.2 Å². The average Bonchev–Trinajstić information content (AvgIpc) is 3.50. The number of ketones is 1. The summed E-state index contributed by atoms with van der Waals surface area (Å²) in [6.45, 7) is 6.06. The van der Waals surface area contributed by atoms with Crippen LogP contribution >= 0.6 is 0 Å². The third-order valence-electron chi connectivity index (χ3n) is 10.3. The summed E-state index contributed by atoms with van der Waals surface area (Å²) in [6, 6.07) is -5.36. The van der Waals surface area contributed by atoms with E-state index in [-0.39, 0.29) is 43.4 Å². The SMILES string of the molecule is COC(=O)/C=C/CC[C@H](NC(C)=O)C(=O)N[C@H](C(=O)N1CC(=O)C[C@H]1C(=O)N[C@H](C(=O)N[C@H](C(N)=O)C1CCCCC1)C1CCCCC1)C(C)(C)C. The van der Waals surface area contributed by atoms with Crippen LogP contribution in [0.25, 0.3) is 0 Å². The van der Waals surface area contributed by atoms with Gasteiger partial charge >= 0.3 is 5.97 Å². The number of ether oxygens (including phenoxy) is 1. The molecule has 6 N–H and O–H groups in total. The first kappa shape index (κ1) is 42.1. The number of nitrogens with two attached hydrogens (primary N) is 1. The van der Waals surface area contributed by atoms with Gasteiger partial charge in [-0.3, -0.25) is 33.6 Å². The van der Waals surface area contributed by atoms with Crippen LogP contribution in [0, 0.1) is 17.3 Å². The number of esters is 1. The minimum Gasteiger partial charge on any atom is -0.466 e. The summed E-state index contributed by atoms with van der Waals surface area (Å²) < 4.78 is 4.57. The van der Waals surface area contributed by atoms with E-state index in [1.807, 2.05) is 0 Å². The molecule has 0 aromatic heterocycles. The van der Waals surface area contributed by atoms with Gasteiger partial charge in [-0.2, -0.15) is 0 Å². The number of allylic oxidation sites excluding steroid dienone is 1. The van der Waals surface area contributed by atoms with Crippen molar-refractivity contribution >= 4 is 47.2 Å². The molecule has 3 rings (SSSR count). The van der Waals surface area contributed by atoms with Crippen LogP contribution in [0.4, 0.5) is 0 Å². The molecule has 3 fully saturated rings. The topological polar surface area (TPSA) is 223 Å². The zero-order chi connectivity index (χ0) is 38.6. The number of methoxy groups -OCH3 is 1. The molecule has 0 aromatic carbocycles. The second-order valence-corrected chi connectivity index (χ2v) is 15.5. The monoisotopic (exact) mass is 730 g/mol. The fourth-order valence-corrected chi connectivity index (χ4v) is 7.48. The molecule has 3 aliphatic rings. The van der Waals surface area contributed by atoms with Gasteiger partial charge in [0, 0.05) is 19.4 Å². The number of nitrogens with one attached hydrogen (secondary N) is 4. The quantitative estimate of drug-likeness (QED) is 0.121. The van der Waals surface area contributed by atoms with Crippen molar-refractivity contribution < 1.29 is 43.1 Å². The molecule has 15 heteroatoms. The zero-order valence-corrected chi connectivity index (χ0v) is 31.3. The lowest BCUT2D eigenvalue weighted by Crippen LogP contribution is -2.62. The number of hydrogen-bond acceptors (Lipinski definition) is 9. The molecule has 0 aromatic rings. The molecule has 5 atom stereocenters. The molecule has 1 heterocycles. The maximum absolute atomic E-state index is 14.2. The van der Waals surface area contributed by atoms with Crippen molar-refractivity contribution in [2.24, 2.45) is 23.0 Å². The summed E-state index contributed by atoms with van der Waals surface area (Å²) in [5, 5.41) is 11.0. The van der Waals surface area contributed by atoms with E-state index in [2.05, 4.69) is 26.0 Å². The van der Waals surface area contributed by atoms with Crippen LogP contribution < -0.4 is 27.0 Å². The highest BCUT2D eigenvalue weighted by atomic mass is 16.5. The second kappa shape index (κ2) is 19.5. The van der Waals surface area contributed by atoms with Gasteiger partial charge in [-0.05, 0) is 55.8 Å². The van der Waals surface area contributed by atoms with Crippen molar-refractivity contribution in [2.45, 2.75) is 141 Å². The maximum Gasteiger partial charge on any atom is 0.330 e. The molecule has 2 aliphatic carbocycles. The van der Waals surface area contributed by atoms with Gasteiger partial charge in [0.25, 0.3) is 0 Å². The Morgan fingerprint density at radius 2 is 1.42 bits per heavy atom. The molecular formula is C37H58N6O9. The number of rotatable bonds is 15. The van der Waals surface area contributed by atoms with Gasteiger partial charge in [-0.1, -0.05) is 65.4 Å². The second-order valence-electron chi connectivity index (χ2n) is 15.5. The van der Waals surface area contributed by atoms with Gasteiger partial charge in [-0.25, -0.2) is 4.79 Å². The van der Waals surface area contributed by atoms with E-state index in [1.54, 1.807) is 20.8 Å². The molecule has 0 spiro atoms. The smallest absolute Gasteiger partial charge is 0.330 e. The van der Waals surface area contributed by atoms with Crippen LogP contribution in [0.2, 0.25) is 0 Å². The highest BCUT2D eigenvalue weighted by Crippen LogP contribution is 2.30. The Bertz CT molecular complexity index is 1360. The van der Waals surface area contributed by atoms with E-state index in [0.29, 0.717) is 12.8 Å². The van der Waals surface area contributed by atoms with Crippen LogP contribution in [0.3, 0.4) is 0 Å². The molecule has 15 nitrogen and oxygen atoms in total. The van der Waals surface area contributed by atoms with Crippen molar-refractivity contribution in [2.75, 3.05) is 13.7 Å². The molecule has 0 bridgehead atoms. The van der Waals surface area contributed by atoms with Gasteiger partial charge in [0.1, 0.15) is 30.2 Å². The van der Waals surface area contributed by atoms with Crippen molar-refractivity contribution in [1.82, 2.24) is 26.2 Å². The summed E-state index contributed by atoms with van der Waals surface area (Å²) in [4.78, 5) is 106. The Labute approximate surface area is 306 Å². The van der Waals surface area contributed by atoms with Crippen LogP contribution in [-0.2, 0) is 43.1 Å². The normalized spacial score (nSPS) is 21.1. The summed E-state index contributed by atoms with van der Waals surface area (Å²) in [5.74, 6) is -4.84. The maximum atomic E-state index is 14.2. The molecule has 6 amide bonds. The zero-order valence-electron chi connectivity index (χ0n) is 31.3. The van der Waals surface area contributed by atoms with Gasteiger partial charge in [0.15, 0.2) is 5.78 Å². The molecule has 0 radical (unpaired) electrons. The number of hydrogen-bond donors (Lipinski definition) is 5. The average molecular weight is 731 g/mol. The fraction of sp³-hybridized carbons (Fsp3) is 0.730. The predicted octanol–water partition coefficient (Wildman–Crippen LogP) is 1.32. The number of primary amides is 1. The minimum absolute atomic E-state index is 0.0930. The van der Waals surface area contributed by atoms with Crippen molar-refractivity contribution in [3.05, 3.63) is 12.2 Å². The van der Waals surface area contributed by atoms with E-state index in [1.165, 1.54) is 26.2 Å². The fourth-order valence-electron chi connectivity index (χ4n) is 7.48. The largest absolute Gasteiger partial charge is 0.466 e. The van der Waals surface area contributed by atoms with Crippen molar-refractivity contribution in [1.29, 1.82) is 0 Å². The third kappa shape index (κ3) is 12.1. The van der Waals surface area contributed by atoms with E-state index in [4.69, 9.17) is 5.73 Å². The first-order valence-electron chi connectivity index (χ1n) is 18.6. The van der Waals surface area contributed by atoms with E-state index >= 15 is 0 Å². The Morgan fingerprint density at radius 1 is 0.846 bits per heavy atom. The van der Waals surface area contributed by atoms with E-state index in [9.17, 15) is 38.4 Å². The Morgan fingerprint density at radius 3 is 1.94 bits per heavy atom. The van der Waals surface area contributed by atoms with Crippen molar-refractivity contribution in [3.63, 3.8) is 0 Å². The van der Waals surface area contributed by atoms with Gasteiger partial charge in [0.2, 0.25) is 35.4 Å². The Hall–Kier alpha value is -4.30. The Balaban J connectivity index is 1.82. The highest BCUT2D eigenvalue weighted by molar-refractivity contribution is 6.02. The number of carbonyl (C=O) groups excluding carboxylic acids is 8. The van der Waals surface area contributed by atoms with E-state index in [0.717, 1.165) is 56.3 Å². The predicted molar refractivity (Wildman–Crippen MR) is 191 cm³/mol. The number of likely N-dealkylation sites (tertiary alicyclic amines) is 1. The lowest BCUT2D eigenvalue weighted by molar-refractivity contribution is -0.145. The summed E-state index contributed by atoms with van der Waals surface area (Å²) in [5.41, 5.74) is 4.86. The lowest BCUT2D eigenvalue weighted by atomic mass is 9.81. The number of amides is 6. The molecular weight excluding hydrogens is 672 g/mol. The van der Waals surface area contributed by atoms with Gasteiger partial charge < -0.3 is 36.6 Å². The van der Waals surface area contributed by atoms with Crippen LogP contribution in [-0.4, -0.2) is 96.0 Å². The first-order valence-corrected chi connectivity index (χ1v) is 18.6. The molecule has 0 unspecified atom stereocenters. The van der Waals surface area contributed by atoms with Crippen molar-refractivity contribution in [3.8, 4) is 0 Å². The molecule has 2 saturated carbocycles. The number of Topliss-reactive ketones (excluding diaryl/α,β-unsaturated/α-hetero) is 1. The summed E-state index contributed by atoms with van der Waals surface area (Å²) in [6.07, 6.45) is 11.3. The summed E-state index contributed by atoms with van der Waals surface area (Å²) in [7, 11) is 1.23. The molecule has 52 heavy (non-hydrogen) atoms. The first-order chi connectivity index (χ1) is 24.5. The highest BCUT2D eigenvalue weighted by Gasteiger charge is 2.46. The lowest BCUT2D eigenvalue weighted by Gasteiger charge is -2.37. The third-order valence-corrected chi connectivity index (χ3v) is 10.3. The van der Waals surface area contributed by atoms with Gasteiger partial charge in [0.05, 0.1) is 13.7 Å². The number of nitrogens with zero attached hydrogens (tertiary/aromatic N) is 1.